The molecule has 1 heterocycles. The normalized spacial score (nSPS) is 11.4. The molecule has 0 saturated heterocycles. The number of hydrogen-bond acceptors (Lipinski definition) is 3. The van der Waals surface area contributed by atoms with Gasteiger partial charge in [0.2, 0.25) is 5.91 Å². The van der Waals surface area contributed by atoms with Gasteiger partial charge in [-0.15, -0.1) is 0 Å². The van der Waals surface area contributed by atoms with Crippen LogP contribution in [0.1, 0.15) is 19.5 Å². The highest BCUT2D eigenvalue weighted by molar-refractivity contribution is 5.80. The minimum atomic E-state index is -4.49. The largest absolute Gasteiger partial charge is 0.433 e. The van der Waals surface area contributed by atoms with Crippen LogP contribution in [0.25, 0.3) is 0 Å². The smallest absolute Gasteiger partial charge is 0.361 e. The number of amides is 1. The molecule has 0 fully saturated rings. The predicted octanol–water partition coefficient (Wildman–Crippen LogP) is 2.04. The fourth-order valence-electron chi connectivity index (χ4n) is 1.23. The molecule has 18 heavy (non-hydrogen) atoms. The Hall–Kier alpha value is -1.79. The summed E-state index contributed by atoms with van der Waals surface area (Å²) in [4.78, 5) is 14.7. The molecule has 0 aliphatic carbocycles. The third-order valence-corrected chi connectivity index (χ3v) is 1.92. The first-order chi connectivity index (χ1) is 8.29. The van der Waals surface area contributed by atoms with E-state index in [0.29, 0.717) is 0 Å². The summed E-state index contributed by atoms with van der Waals surface area (Å²) < 4.78 is 37.1. The van der Waals surface area contributed by atoms with Gasteiger partial charge in [-0.25, -0.2) is 4.98 Å². The third kappa shape index (κ3) is 4.60. The summed E-state index contributed by atoms with van der Waals surface area (Å²) >= 11 is 0. The molecule has 0 bridgehead atoms. The van der Waals surface area contributed by atoms with Crippen molar-refractivity contribution in [3.05, 3.63) is 23.9 Å². The van der Waals surface area contributed by atoms with Crippen molar-refractivity contribution in [1.82, 2.24) is 10.3 Å². The van der Waals surface area contributed by atoms with Crippen LogP contribution in [0.5, 0.6) is 0 Å². The molecule has 0 radical (unpaired) electrons. The Morgan fingerprint density at radius 1 is 1.39 bits per heavy atom. The van der Waals surface area contributed by atoms with E-state index in [0.717, 1.165) is 6.07 Å². The maximum absolute atomic E-state index is 12.4. The van der Waals surface area contributed by atoms with E-state index in [1.54, 1.807) is 13.8 Å². The molecular formula is C11H14F3N3O. The van der Waals surface area contributed by atoms with Gasteiger partial charge in [-0.1, -0.05) is 6.07 Å². The summed E-state index contributed by atoms with van der Waals surface area (Å²) in [6.45, 7) is 3.47. The molecule has 100 valence electrons. The molecule has 0 spiro atoms. The van der Waals surface area contributed by atoms with E-state index in [4.69, 9.17) is 0 Å². The molecule has 4 nitrogen and oxygen atoms in total. The lowest BCUT2D eigenvalue weighted by molar-refractivity contribution is -0.141. The summed E-state index contributed by atoms with van der Waals surface area (Å²) in [6.07, 6.45) is -4.49. The van der Waals surface area contributed by atoms with Gasteiger partial charge in [-0.3, -0.25) is 4.79 Å². The number of rotatable bonds is 4. The zero-order valence-corrected chi connectivity index (χ0v) is 10.0. The van der Waals surface area contributed by atoms with Crippen molar-refractivity contribution in [2.24, 2.45) is 0 Å². The van der Waals surface area contributed by atoms with Crippen molar-refractivity contribution in [2.75, 3.05) is 11.9 Å². The molecule has 2 N–H and O–H groups in total. The number of anilines is 1. The number of nitrogens with one attached hydrogen (secondary N) is 2. The van der Waals surface area contributed by atoms with Crippen molar-refractivity contribution < 1.29 is 18.0 Å². The standard InChI is InChI=1S/C11H14F3N3O/c1-7(2)16-10(18)6-15-9-5-3-4-8(17-9)11(12,13)14/h3-5,7H,6H2,1-2H3,(H,15,17)(H,16,18). The number of nitrogens with zero attached hydrogens (tertiary/aromatic N) is 1. The van der Waals surface area contributed by atoms with Gasteiger partial charge in [0, 0.05) is 6.04 Å². The van der Waals surface area contributed by atoms with E-state index in [2.05, 4.69) is 15.6 Å². The van der Waals surface area contributed by atoms with Crippen LogP contribution in [0, 0.1) is 0 Å². The first kappa shape index (κ1) is 14.3. The Labute approximate surface area is 103 Å². The van der Waals surface area contributed by atoms with Crippen molar-refractivity contribution in [2.45, 2.75) is 26.1 Å². The topological polar surface area (TPSA) is 54.0 Å². The van der Waals surface area contributed by atoms with Crippen LogP contribution in [0.3, 0.4) is 0 Å². The van der Waals surface area contributed by atoms with Crippen molar-refractivity contribution in [3.63, 3.8) is 0 Å². The number of carbonyl (C=O) groups is 1. The molecule has 1 aromatic heterocycles. The van der Waals surface area contributed by atoms with Gasteiger partial charge < -0.3 is 10.6 Å². The molecule has 0 unspecified atom stereocenters. The van der Waals surface area contributed by atoms with Crippen LogP contribution in [-0.4, -0.2) is 23.5 Å². The maximum Gasteiger partial charge on any atom is 0.433 e. The molecule has 7 heteroatoms. The van der Waals surface area contributed by atoms with E-state index in [1.165, 1.54) is 12.1 Å². The Morgan fingerprint density at radius 3 is 2.61 bits per heavy atom. The Balaban J connectivity index is 2.61. The van der Waals surface area contributed by atoms with Crippen LogP contribution < -0.4 is 10.6 Å². The molecule has 0 aromatic carbocycles. The number of halogens is 3. The summed E-state index contributed by atoms with van der Waals surface area (Å²) in [5, 5.41) is 5.15. The molecule has 0 saturated carbocycles. The van der Waals surface area contributed by atoms with E-state index in [9.17, 15) is 18.0 Å². The molecule has 1 aromatic rings. The first-order valence-corrected chi connectivity index (χ1v) is 5.36. The highest BCUT2D eigenvalue weighted by Crippen LogP contribution is 2.27. The van der Waals surface area contributed by atoms with Crippen molar-refractivity contribution in [3.8, 4) is 0 Å². The van der Waals surface area contributed by atoms with Crippen LogP contribution >= 0.6 is 0 Å². The Kier molecular flexibility index (Phi) is 4.52. The zero-order chi connectivity index (χ0) is 13.8. The maximum atomic E-state index is 12.4. The lowest BCUT2D eigenvalue weighted by Crippen LogP contribution is -2.35. The predicted molar refractivity (Wildman–Crippen MR) is 61.0 cm³/mol. The number of carbonyl (C=O) groups excluding carboxylic acids is 1. The van der Waals surface area contributed by atoms with Crippen molar-refractivity contribution in [1.29, 1.82) is 0 Å². The quantitative estimate of drug-likeness (QED) is 0.872. The van der Waals surface area contributed by atoms with Crippen LogP contribution in [0.15, 0.2) is 18.2 Å². The summed E-state index contributed by atoms with van der Waals surface area (Å²) in [5.74, 6) is -0.284. The lowest BCUT2D eigenvalue weighted by Gasteiger charge is -2.11. The SMILES string of the molecule is CC(C)NC(=O)CNc1cccc(C(F)(F)F)n1. The molecule has 1 rings (SSSR count). The number of pyridine rings is 1. The van der Waals surface area contributed by atoms with E-state index >= 15 is 0 Å². The van der Waals surface area contributed by atoms with Gasteiger partial charge in [0.1, 0.15) is 11.5 Å². The second-order valence-electron chi connectivity index (χ2n) is 3.98. The minimum absolute atomic E-state index is 0.0173. The summed E-state index contributed by atoms with van der Waals surface area (Å²) in [5.41, 5.74) is -0.989. The van der Waals surface area contributed by atoms with Crippen LogP contribution in [0.2, 0.25) is 0 Å². The first-order valence-electron chi connectivity index (χ1n) is 5.36. The number of alkyl halides is 3. The van der Waals surface area contributed by atoms with Crippen LogP contribution in [-0.2, 0) is 11.0 Å². The molecule has 1 amide bonds. The van der Waals surface area contributed by atoms with E-state index < -0.39 is 11.9 Å². The Morgan fingerprint density at radius 2 is 2.06 bits per heavy atom. The highest BCUT2D eigenvalue weighted by atomic mass is 19.4. The second kappa shape index (κ2) is 5.70. The summed E-state index contributed by atoms with van der Waals surface area (Å²) in [6, 6.07) is 3.46. The van der Waals surface area contributed by atoms with Gasteiger partial charge in [-0.05, 0) is 26.0 Å². The fourth-order valence-corrected chi connectivity index (χ4v) is 1.23. The Bertz CT molecular complexity index is 418. The van der Waals surface area contributed by atoms with Gasteiger partial charge in [0.05, 0.1) is 6.54 Å². The van der Waals surface area contributed by atoms with Gasteiger partial charge in [0.15, 0.2) is 0 Å². The van der Waals surface area contributed by atoms with E-state index in [1.807, 2.05) is 0 Å². The minimum Gasteiger partial charge on any atom is -0.361 e. The molecule has 0 atom stereocenters. The zero-order valence-electron chi connectivity index (χ0n) is 10.0. The highest BCUT2D eigenvalue weighted by Gasteiger charge is 2.32. The molecule has 0 aliphatic heterocycles. The second-order valence-corrected chi connectivity index (χ2v) is 3.98. The van der Waals surface area contributed by atoms with Gasteiger partial charge >= 0.3 is 6.18 Å². The van der Waals surface area contributed by atoms with E-state index in [-0.39, 0.29) is 24.3 Å². The van der Waals surface area contributed by atoms with Crippen LogP contribution in [0.4, 0.5) is 19.0 Å². The molecule has 0 aliphatic rings. The lowest BCUT2D eigenvalue weighted by atomic mass is 10.3. The average molecular weight is 261 g/mol. The number of aromatic nitrogens is 1. The fraction of sp³-hybridized carbons (Fsp3) is 0.455. The number of hydrogen-bond donors (Lipinski definition) is 2. The van der Waals surface area contributed by atoms with Crippen molar-refractivity contribution >= 4 is 11.7 Å². The average Bonchev–Trinajstić information content (AvgIpc) is 2.25. The monoisotopic (exact) mass is 261 g/mol. The third-order valence-electron chi connectivity index (χ3n) is 1.92. The summed E-state index contributed by atoms with van der Waals surface area (Å²) in [7, 11) is 0. The van der Waals surface area contributed by atoms with Gasteiger partial charge in [0.25, 0.3) is 0 Å². The molecular weight excluding hydrogens is 247 g/mol. The van der Waals surface area contributed by atoms with Gasteiger partial charge in [-0.2, -0.15) is 13.2 Å².